The molecule has 0 unspecified atom stereocenters. The van der Waals surface area contributed by atoms with Gasteiger partial charge >= 0.3 is 6.03 Å². The molecule has 6 heteroatoms. The quantitative estimate of drug-likeness (QED) is 0.751. The highest BCUT2D eigenvalue weighted by molar-refractivity contribution is 5.89. The third-order valence-corrected chi connectivity index (χ3v) is 4.28. The van der Waals surface area contributed by atoms with Crippen LogP contribution in [0.2, 0.25) is 0 Å². The van der Waals surface area contributed by atoms with E-state index in [4.69, 9.17) is 4.74 Å². The van der Waals surface area contributed by atoms with Crippen molar-refractivity contribution in [2.75, 3.05) is 38.2 Å². The molecule has 0 aliphatic carbocycles. The Kier molecular flexibility index (Phi) is 7.98. The van der Waals surface area contributed by atoms with E-state index in [-0.39, 0.29) is 12.6 Å². The van der Waals surface area contributed by atoms with Crippen LogP contribution >= 0.6 is 0 Å². The highest BCUT2D eigenvalue weighted by Crippen LogP contribution is 2.19. The number of alkyl halides is 1. The zero-order valence-corrected chi connectivity index (χ0v) is 15.3. The molecule has 0 bridgehead atoms. The van der Waals surface area contributed by atoms with Crippen molar-refractivity contribution in [3.63, 3.8) is 0 Å². The third kappa shape index (κ3) is 6.90. The van der Waals surface area contributed by atoms with Crippen LogP contribution in [0.3, 0.4) is 0 Å². The highest BCUT2D eigenvalue weighted by atomic mass is 19.1. The first-order valence-electron chi connectivity index (χ1n) is 9.16. The van der Waals surface area contributed by atoms with Gasteiger partial charge in [0.15, 0.2) is 0 Å². The van der Waals surface area contributed by atoms with E-state index in [9.17, 15) is 9.18 Å². The fraction of sp³-hybridized carbons (Fsp3) is 0.632. The lowest BCUT2D eigenvalue weighted by molar-refractivity contribution is 0.131. The normalized spacial score (nSPS) is 18.2. The number of ether oxygens (including phenoxy) is 1. The Morgan fingerprint density at radius 2 is 2.24 bits per heavy atom. The lowest BCUT2D eigenvalue weighted by Gasteiger charge is -2.36. The van der Waals surface area contributed by atoms with E-state index in [1.165, 1.54) is 12.8 Å². The van der Waals surface area contributed by atoms with Gasteiger partial charge in [0.2, 0.25) is 0 Å². The molecule has 2 amide bonds. The number of piperidine rings is 1. The molecular formula is C19H30FN3O2. The van der Waals surface area contributed by atoms with Gasteiger partial charge in [-0.3, -0.25) is 4.90 Å². The number of nitrogens with zero attached hydrogens (tertiary/aromatic N) is 1. The van der Waals surface area contributed by atoms with E-state index in [2.05, 4.69) is 29.4 Å². The summed E-state index contributed by atoms with van der Waals surface area (Å²) in [7, 11) is 0. The van der Waals surface area contributed by atoms with Crippen LogP contribution in [0.25, 0.3) is 0 Å². The molecule has 1 fully saturated rings. The molecule has 1 aliphatic heterocycles. The number of likely N-dealkylation sites (tertiary alicyclic amines) is 1. The second kappa shape index (κ2) is 10.2. The van der Waals surface area contributed by atoms with Crippen molar-refractivity contribution in [3.05, 3.63) is 24.3 Å². The number of nitrogens with one attached hydrogen (secondary N) is 2. The number of carbonyl (C=O) groups is 1. The minimum atomic E-state index is -0.535. The SMILES string of the molecule is CC(C)CN1CCCC[C@@H]1CNC(=O)Nc1cccc(OCCF)c1. The summed E-state index contributed by atoms with van der Waals surface area (Å²) in [6, 6.07) is 7.17. The van der Waals surface area contributed by atoms with Crippen molar-refractivity contribution in [2.45, 2.75) is 39.2 Å². The van der Waals surface area contributed by atoms with Gasteiger partial charge < -0.3 is 15.4 Å². The molecule has 1 aromatic carbocycles. The van der Waals surface area contributed by atoms with Crippen molar-refractivity contribution in [3.8, 4) is 5.75 Å². The minimum Gasteiger partial charge on any atom is -0.491 e. The fourth-order valence-corrected chi connectivity index (χ4v) is 3.21. The molecule has 1 atom stereocenters. The lowest BCUT2D eigenvalue weighted by atomic mass is 10.0. The summed E-state index contributed by atoms with van der Waals surface area (Å²) in [5.74, 6) is 1.17. The van der Waals surface area contributed by atoms with Gasteiger partial charge in [-0.1, -0.05) is 26.3 Å². The van der Waals surface area contributed by atoms with E-state index in [1.54, 1.807) is 24.3 Å². The lowest BCUT2D eigenvalue weighted by Crippen LogP contribution is -2.48. The second-order valence-electron chi connectivity index (χ2n) is 6.94. The zero-order chi connectivity index (χ0) is 18.1. The maximum absolute atomic E-state index is 12.2. The maximum Gasteiger partial charge on any atom is 0.319 e. The van der Waals surface area contributed by atoms with Crippen LogP contribution in [0.1, 0.15) is 33.1 Å². The number of hydrogen-bond acceptors (Lipinski definition) is 3. The summed E-state index contributed by atoms with van der Waals surface area (Å²) in [6.07, 6.45) is 3.58. The fourth-order valence-electron chi connectivity index (χ4n) is 3.21. The van der Waals surface area contributed by atoms with Gasteiger partial charge in [0.25, 0.3) is 0 Å². The zero-order valence-electron chi connectivity index (χ0n) is 15.3. The second-order valence-corrected chi connectivity index (χ2v) is 6.94. The Morgan fingerprint density at radius 3 is 3.00 bits per heavy atom. The van der Waals surface area contributed by atoms with Crippen LogP contribution in [-0.4, -0.2) is 49.9 Å². The van der Waals surface area contributed by atoms with Gasteiger partial charge in [-0.25, -0.2) is 9.18 Å². The first kappa shape index (κ1) is 19.5. The Bertz CT molecular complexity index is 539. The molecule has 0 spiro atoms. The van der Waals surface area contributed by atoms with E-state index < -0.39 is 6.67 Å². The van der Waals surface area contributed by atoms with Gasteiger partial charge in [0.05, 0.1) is 0 Å². The number of urea groups is 1. The van der Waals surface area contributed by atoms with Gasteiger partial charge in [-0.2, -0.15) is 0 Å². The van der Waals surface area contributed by atoms with Crippen LogP contribution in [0.15, 0.2) is 24.3 Å². The van der Waals surface area contributed by atoms with Gasteiger partial charge in [-0.05, 0) is 37.4 Å². The number of hydrogen-bond donors (Lipinski definition) is 2. The standard InChI is InChI=1S/C19H30FN3O2/c1-15(2)14-23-10-4-3-7-17(23)13-21-19(24)22-16-6-5-8-18(12-16)25-11-9-20/h5-6,8,12,15,17H,3-4,7,9-11,13-14H2,1-2H3,(H2,21,22,24)/t17-/m1/s1. The number of halogens is 1. The predicted molar refractivity (Wildman–Crippen MR) is 99.0 cm³/mol. The monoisotopic (exact) mass is 351 g/mol. The van der Waals surface area contributed by atoms with Gasteiger partial charge in [0, 0.05) is 30.9 Å². The molecule has 140 valence electrons. The van der Waals surface area contributed by atoms with Crippen LogP contribution in [0.5, 0.6) is 5.75 Å². The van der Waals surface area contributed by atoms with Crippen molar-refractivity contribution >= 4 is 11.7 Å². The third-order valence-electron chi connectivity index (χ3n) is 4.28. The number of benzene rings is 1. The largest absolute Gasteiger partial charge is 0.491 e. The summed E-state index contributed by atoms with van der Waals surface area (Å²) in [5.41, 5.74) is 0.636. The van der Waals surface area contributed by atoms with E-state index >= 15 is 0 Å². The molecule has 2 rings (SSSR count). The summed E-state index contributed by atoms with van der Waals surface area (Å²) >= 11 is 0. The Labute approximate surface area is 149 Å². The van der Waals surface area contributed by atoms with Crippen LogP contribution in [0.4, 0.5) is 14.9 Å². The van der Waals surface area contributed by atoms with Crippen LogP contribution < -0.4 is 15.4 Å². The summed E-state index contributed by atoms with van der Waals surface area (Å²) in [6.45, 7) is 6.77. The topological polar surface area (TPSA) is 53.6 Å². The maximum atomic E-state index is 12.2. The Morgan fingerprint density at radius 1 is 1.40 bits per heavy atom. The average molecular weight is 351 g/mol. The summed E-state index contributed by atoms with van der Waals surface area (Å²) < 4.78 is 17.4. The molecule has 1 saturated heterocycles. The van der Waals surface area contributed by atoms with Crippen molar-refractivity contribution in [2.24, 2.45) is 5.92 Å². The smallest absolute Gasteiger partial charge is 0.319 e. The van der Waals surface area contributed by atoms with Crippen molar-refractivity contribution in [1.82, 2.24) is 10.2 Å². The van der Waals surface area contributed by atoms with E-state index in [0.717, 1.165) is 19.5 Å². The molecule has 5 nitrogen and oxygen atoms in total. The predicted octanol–water partition coefficient (Wildman–Crippen LogP) is 3.67. The Hall–Kier alpha value is -1.82. The number of carbonyl (C=O) groups excluding carboxylic acids is 1. The molecule has 0 aromatic heterocycles. The average Bonchev–Trinajstić information content (AvgIpc) is 2.59. The molecule has 1 heterocycles. The van der Waals surface area contributed by atoms with Gasteiger partial charge in [-0.15, -0.1) is 0 Å². The molecule has 0 saturated carbocycles. The van der Waals surface area contributed by atoms with E-state index in [0.29, 0.717) is 29.9 Å². The van der Waals surface area contributed by atoms with Crippen LogP contribution in [-0.2, 0) is 0 Å². The molecule has 1 aliphatic rings. The van der Waals surface area contributed by atoms with Crippen molar-refractivity contribution in [1.29, 1.82) is 0 Å². The molecule has 0 radical (unpaired) electrons. The first-order valence-corrected chi connectivity index (χ1v) is 9.16. The van der Waals surface area contributed by atoms with Gasteiger partial charge in [0.1, 0.15) is 19.0 Å². The number of anilines is 1. The summed E-state index contributed by atoms with van der Waals surface area (Å²) in [5, 5.41) is 5.79. The Balaban J connectivity index is 1.81. The van der Waals surface area contributed by atoms with Crippen molar-refractivity contribution < 1.29 is 13.9 Å². The molecule has 2 N–H and O–H groups in total. The minimum absolute atomic E-state index is 0.0169. The number of rotatable bonds is 8. The molecular weight excluding hydrogens is 321 g/mol. The van der Waals surface area contributed by atoms with Crippen LogP contribution in [0, 0.1) is 5.92 Å². The molecule has 1 aromatic rings. The first-order chi connectivity index (χ1) is 12.1. The number of amides is 2. The van der Waals surface area contributed by atoms with E-state index in [1.807, 2.05) is 0 Å². The molecule has 25 heavy (non-hydrogen) atoms. The summed E-state index contributed by atoms with van der Waals surface area (Å²) in [4.78, 5) is 14.7. The highest BCUT2D eigenvalue weighted by Gasteiger charge is 2.23.